The number of aromatic amines is 2. The number of hydrogen-bond donors (Lipinski definition) is 2. The summed E-state index contributed by atoms with van der Waals surface area (Å²) in [5, 5.41) is 1.87. The number of esters is 1. The van der Waals surface area contributed by atoms with Crippen LogP contribution in [0.2, 0.25) is 0 Å². The van der Waals surface area contributed by atoms with Gasteiger partial charge in [-0.2, -0.15) is 0 Å². The Hall–Kier alpha value is -4.52. The molecule has 1 aliphatic carbocycles. The fraction of sp³-hybridized carbons (Fsp3) is 0.571. The van der Waals surface area contributed by atoms with Gasteiger partial charge < -0.3 is 14.7 Å². The van der Waals surface area contributed by atoms with Crippen LogP contribution >= 0.6 is 0 Å². The fourth-order valence-electron chi connectivity index (χ4n) is 10.2. The molecule has 0 aromatic carbocycles. The highest BCUT2D eigenvalue weighted by Gasteiger charge is 2.38. The van der Waals surface area contributed by atoms with Gasteiger partial charge >= 0.3 is 5.97 Å². The summed E-state index contributed by atoms with van der Waals surface area (Å²) in [6.07, 6.45) is 22.6. The van der Waals surface area contributed by atoms with Crippen molar-refractivity contribution >= 4 is 41.5 Å². The highest BCUT2D eigenvalue weighted by Crippen LogP contribution is 2.45. The maximum atomic E-state index is 13.7. The molecule has 0 fully saturated rings. The lowest BCUT2D eigenvalue weighted by Crippen LogP contribution is -2.19. The number of rotatable bonds is 20. The molecule has 0 saturated carbocycles. The Balaban J connectivity index is 1.28. The monoisotopic (exact) mass is 858 g/mol. The summed E-state index contributed by atoms with van der Waals surface area (Å²) in [6, 6.07) is 0. The summed E-state index contributed by atoms with van der Waals surface area (Å²) in [7, 11) is 0. The van der Waals surface area contributed by atoms with Gasteiger partial charge in [0.2, 0.25) is 0 Å². The number of nitrogens with zero attached hydrogens (tertiary/aromatic N) is 1. The molecule has 0 amide bonds. The number of H-pyrrole nitrogens is 2. The summed E-state index contributed by atoms with van der Waals surface area (Å²) in [6.45, 7) is 30.8. The first-order valence-electron chi connectivity index (χ1n) is 24.3. The molecule has 5 rings (SSSR count). The van der Waals surface area contributed by atoms with Gasteiger partial charge in [-0.15, -0.1) is 0 Å². The Morgan fingerprint density at radius 1 is 0.873 bits per heavy atom. The van der Waals surface area contributed by atoms with Crippen LogP contribution < -0.4 is 10.7 Å². The van der Waals surface area contributed by atoms with E-state index in [-0.39, 0.29) is 42.2 Å². The third kappa shape index (κ3) is 12.4. The molecule has 4 heterocycles. The van der Waals surface area contributed by atoms with Crippen LogP contribution in [0, 0.1) is 43.4 Å². The topological polar surface area (TPSA) is 104 Å². The van der Waals surface area contributed by atoms with Gasteiger partial charge in [0.15, 0.2) is 11.6 Å². The number of carbonyl (C=O) groups is 3. The molecule has 3 aliphatic rings. The largest absolute Gasteiger partial charge is 0.465 e. The zero-order chi connectivity index (χ0) is 46.1. The predicted octanol–water partition coefficient (Wildman–Crippen LogP) is 12.7. The van der Waals surface area contributed by atoms with Crippen LogP contribution in [0.3, 0.4) is 0 Å². The minimum absolute atomic E-state index is 0.00289. The summed E-state index contributed by atoms with van der Waals surface area (Å²) >= 11 is 0. The van der Waals surface area contributed by atoms with Crippen LogP contribution in [0.15, 0.2) is 56.8 Å². The van der Waals surface area contributed by atoms with Gasteiger partial charge in [0, 0.05) is 40.4 Å². The van der Waals surface area contributed by atoms with Gasteiger partial charge in [-0.25, -0.2) is 4.99 Å². The van der Waals surface area contributed by atoms with Crippen molar-refractivity contribution in [3.05, 3.63) is 96.1 Å². The first-order chi connectivity index (χ1) is 29.9. The molecule has 0 spiro atoms. The SMILES string of the molecule is C=C1C2=C3N=C(C=c4[nH]/c(c(C)c4CC)=C\c4[nH]c(c(C)c4C(C)=O)/C=C(\C)[C@@H](C)[C@@H]1CCC(=O)OCC/C=C(\C)CCC[C@H](C)CCC[C@H](C)CCCC(C)C)C(C)=C3C(=O)C2. The maximum absolute atomic E-state index is 13.7. The fourth-order valence-corrected chi connectivity index (χ4v) is 10.2. The number of nitrogens with one attached hydrogen (secondary N) is 2. The smallest absolute Gasteiger partial charge is 0.305 e. The number of allylic oxidation sites excluding steroid dienone is 6. The minimum Gasteiger partial charge on any atom is -0.465 e. The van der Waals surface area contributed by atoms with Gasteiger partial charge in [-0.1, -0.05) is 110 Å². The van der Waals surface area contributed by atoms with Gasteiger partial charge in [-0.05, 0) is 155 Å². The van der Waals surface area contributed by atoms with Crippen LogP contribution in [-0.2, 0) is 20.7 Å². The normalized spacial score (nSPS) is 20.3. The number of Topliss-reactive ketones (excluding diaryl/α,β-unsaturated/α-hetero) is 2. The second kappa shape index (κ2) is 22.4. The van der Waals surface area contributed by atoms with Gasteiger partial charge in [0.25, 0.3) is 0 Å². The number of aliphatic imine (C=N–C) groups is 1. The molecule has 0 unspecified atom stereocenters. The summed E-state index contributed by atoms with van der Waals surface area (Å²) in [5.74, 6) is 2.06. The average Bonchev–Trinajstić information content (AvgIpc) is 3.92. The minimum atomic E-state index is -0.222. The first kappa shape index (κ1) is 49.5. The van der Waals surface area contributed by atoms with Crippen molar-refractivity contribution in [1.82, 2.24) is 9.97 Å². The van der Waals surface area contributed by atoms with E-state index < -0.39 is 0 Å². The van der Waals surface area contributed by atoms with E-state index in [4.69, 9.17) is 9.73 Å². The molecule has 342 valence electrons. The quantitative estimate of drug-likeness (QED) is 0.0599. The maximum Gasteiger partial charge on any atom is 0.305 e. The van der Waals surface area contributed by atoms with E-state index in [0.29, 0.717) is 30.6 Å². The lowest BCUT2D eigenvalue weighted by atomic mass is 9.77. The van der Waals surface area contributed by atoms with Crippen LogP contribution in [-0.4, -0.2) is 39.8 Å². The zero-order valence-electron chi connectivity index (χ0n) is 41.1. The van der Waals surface area contributed by atoms with Gasteiger partial charge in [-0.3, -0.25) is 14.4 Å². The van der Waals surface area contributed by atoms with Crippen LogP contribution in [0.1, 0.15) is 191 Å². The summed E-state index contributed by atoms with van der Waals surface area (Å²) in [5.41, 5.74) is 12.7. The molecule has 2 aromatic heterocycles. The Kier molecular flexibility index (Phi) is 17.6. The highest BCUT2D eigenvalue weighted by atomic mass is 16.5. The molecule has 7 nitrogen and oxygen atoms in total. The standard InChI is InChI=1S/C56H79N3O4/c1-14-44-40(10)48-32-51-54(43(13)60)41(11)47(58-51)29-37(7)38(8)45(39(9)46-30-52(61)55-42(12)49(59-56(46)55)31-50(44)57-48)26-27-53(62)63-28-18-25-36(6)24-17-23-35(5)22-16-21-34(4)20-15-19-33(2)3/h25,29,31-35,38,45,57-58H,9,14-24,26-28,30H2,1-8,10-13H3/b36-25+,37-29+,48-32-,50-31?/t34-,35-,38-,45+/m1/s1. The van der Waals surface area contributed by atoms with Crippen molar-refractivity contribution in [2.75, 3.05) is 6.61 Å². The van der Waals surface area contributed by atoms with Gasteiger partial charge in [0.05, 0.1) is 23.7 Å². The molecule has 0 saturated heterocycles. The van der Waals surface area contributed by atoms with E-state index in [0.717, 1.165) is 97.5 Å². The summed E-state index contributed by atoms with van der Waals surface area (Å²) < 4.78 is 5.81. The lowest BCUT2D eigenvalue weighted by molar-refractivity contribution is -0.143. The lowest BCUT2D eigenvalue weighted by Gasteiger charge is -2.28. The van der Waals surface area contributed by atoms with Crippen molar-refractivity contribution in [3.8, 4) is 0 Å². The van der Waals surface area contributed by atoms with Crippen molar-refractivity contribution in [1.29, 1.82) is 0 Å². The highest BCUT2D eigenvalue weighted by molar-refractivity contribution is 6.28. The van der Waals surface area contributed by atoms with Crippen molar-refractivity contribution in [2.45, 2.75) is 173 Å². The molecule has 2 aromatic rings. The zero-order valence-corrected chi connectivity index (χ0v) is 41.1. The van der Waals surface area contributed by atoms with Crippen LogP contribution in [0.25, 0.3) is 18.2 Å². The molecule has 4 atom stereocenters. The molecule has 0 radical (unpaired) electrons. The number of fused-ring (bicyclic) bond motifs is 4. The molecule has 63 heavy (non-hydrogen) atoms. The Morgan fingerprint density at radius 2 is 1.54 bits per heavy atom. The Bertz CT molecular complexity index is 2330. The molecular weight excluding hydrogens is 779 g/mol. The van der Waals surface area contributed by atoms with E-state index in [1.54, 1.807) is 6.92 Å². The Labute approximate surface area is 379 Å². The third-order valence-electron chi connectivity index (χ3n) is 14.4. The van der Waals surface area contributed by atoms with E-state index in [1.165, 1.54) is 62.5 Å². The number of aromatic nitrogens is 2. The molecule has 2 aliphatic heterocycles. The van der Waals surface area contributed by atoms with Crippen molar-refractivity contribution in [3.63, 3.8) is 0 Å². The number of carbonyl (C=O) groups excluding carboxylic acids is 3. The average molecular weight is 858 g/mol. The molecule has 6 bridgehead atoms. The van der Waals surface area contributed by atoms with Gasteiger partial charge in [0.1, 0.15) is 0 Å². The first-order valence-corrected chi connectivity index (χ1v) is 24.3. The third-order valence-corrected chi connectivity index (χ3v) is 14.4. The van der Waals surface area contributed by atoms with Crippen LogP contribution in [0.4, 0.5) is 0 Å². The number of ketones is 2. The Morgan fingerprint density at radius 3 is 2.19 bits per heavy atom. The second-order valence-corrected chi connectivity index (χ2v) is 19.9. The van der Waals surface area contributed by atoms with E-state index >= 15 is 0 Å². The molecular formula is C56H79N3O4. The van der Waals surface area contributed by atoms with E-state index in [1.807, 2.05) is 19.9 Å². The van der Waals surface area contributed by atoms with Crippen LogP contribution in [0.5, 0.6) is 0 Å². The van der Waals surface area contributed by atoms with Crippen molar-refractivity contribution in [2.24, 2.45) is 34.6 Å². The molecule has 7 heteroatoms. The van der Waals surface area contributed by atoms with E-state index in [2.05, 4.69) is 97.1 Å². The second-order valence-electron chi connectivity index (χ2n) is 19.9. The van der Waals surface area contributed by atoms with E-state index in [9.17, 15) is 14.4 Å². The van der Waals surface area contributed by atoms with Crippen molar-refractivity contribution < 1.29 is 19.1 Å². The molecule has 2 N–H and O–H groups in total. The number of hydrogen-bond acceptors (Lipinski definition) is 5. The number of ether oxygens (including phenoxy) is 1. The summed E-state index contributed by atoms with van der Waals surface area (Å²) in [4.78, 5) is 52.5. The predicted molar refractivity (Wildman–Crippen MR) is 263 cm³/mol.